The lowest BCUT2D eigenvalue weighted by Gasteiger charge is -2.38. The molecule has 25 heavy (non-hydrogen) atoms. The number of aromatic nitrogens is 1. The van der Waals surface area contributed by atoms with Crippen molar-refractivity contribution in [1.82, 2.24) is 10.3 Å². The molecule has 3 rings (SSSR count). The van der Waals surface area contributed by atoms with E-state index in [-0.39, 0.29) is 5.41 Å². The van der Waals surface area contributed by atoms with E-state index < -0.39 is 0 Å². The van der Waals surface area contributed by atoms with Crippen LogP contribution in [-0.4, -0.2) is 16.6 Å². The molecule has 132 valence electrons. The molecule has 0 saturated heterocycles. The molecule has 1 aromatic heterocycles. The van der Waals surface area contributed by atoms with Crippen molar-refractivity contribution >= 4 is 23.1 Å². The smallest absolute Gasteiger partial charge is 0.171 e. The van der Waals surface area contributed by atoms with Crippen LogP contribution in [0.4, 0.5) is 5.82 Å². The van der Waals surface area contributed by atoms with Crippen molar-refractivity contribution in [3.05, 3.63) is 59.3 Å². The lowest BCUT2D eigenvalue weighted by molar-refractivity contribution is 0.292. The van der Waals surface area contributed by atoms with Gasteiger partial charge in [-0.15, -0.1) is 0 Å². The Balaban J connectivity index is 1.68. The molecule has 2 N–H and O–H groups in total. The van der Waals surface area contributed by atoms with Gasteiger partial charge < -0.3 is 10.6 Å². The molecule has 1 heterocycles. The molecule has 0 radical (unpaired) electrons. The zero-order chi connectivity index (χ0) is 17.7. The van der Waals surface area contributed by atoms with Crippen LogP contribution in [0.15, 0.2) is 42.5 Å². The molecule has 1 aliphatic rings. The Morgan fingerprint density at radius 1 is 1.08 bits per heavy atom. The number of hydrogen-bond acceptors (Lipinski definition) is 2. The summed E-state index contributed by atoms with van der Waals surface area (Å²) in [5, 5.41) is 7.35. The van der Waals surface area contributed by atoms with E-state index in [2.05, 4.69) is 58.9 Å². The first kappa shape index (κ1) is 17.9. The lowest BCUT2D eigenvalue weighted by atomic mass is 9.69. The van der Waals surface area contributed by atoms with Crippen LogP contribution in [0.1, 0.15) is 48.9 Å². The van der Waals surface area contributed by atoms with E-state index in [0.717, 1.165) is 18.1 Å². The van der Waals surface area contributed by atoms with Gasteiger partial charge >= 0.3 is 0 Å². The summed E-state index contributed by atoms with van der Waals surface area (Å²) in [6.45, 7) is 4.94. The molecule has 3 nitrogen and oxygen atoms in total. The minimum Gasteiger partial charge on any atom is -0.362 e. The highest BCUT2D eigenvalue weighted by molar-refractivity contribution is 7.80. The summed E-state index contributed by atoms with van der Waals surface area (Å²) < 4.78 is 0. The van der Waals surface area contributed by atoms with E-state index in [1.54, 1.807) is 0 Å². The number of benzene rings is 1. The number of aryl methyl sites for hydroxylation is 2. The zero-order valence-corrected chi connectivity index (χ0v) is 16.0. The van der Waals surface area contributed by atoms with Gasteiger partial charge in [0, 0.05) is 17.7 Å². The SMILES string of the molecule is Cc1cc(C)nc(NC(=S)NCC2(c3ccccc3)CCCCC2)c1. The average molecular weight is 354 g/mol. The monoisotopic (exact) mass is 353 g/mol. The average Bonchev–Trinajstić information content (AvgIpc) is 2.61. The fourth-order valence-corrected chi connectivity index (χ4v) is 4.08. The predicted octanol–water partition coefficient (Wildman–Crippen LogP) is 4.89. The fraction of sp³-hybridized carbons (Fsp3) is 0.429. The first-order valence-corrected chi connectivity index (χ1v) is 9.54. The van der Waals surface area contributed by atoms with Gasteiger partial charge in [-0.05, 0) is 62.2 Å². The van der Waals surface area contributed by atoms with Gasteiger partial charge in [0.1, 0.15) is 5.82 Å². The zero-order valence-electron chi connectivity index (χ0n) is 15.1. The topological polar surface area (TPSA) is 37.0 Å². The summed E-state index contributed by atoms with van der Waals surface area (Å²) >= 11 is 5.53. The van der Waals surface area contributed by atoms with Crippen LogP contribution in [0.3, 0.4) is 0 Å². The molecular weight excluding hydrogens is 326 g/mol. The number of hydrogen-bond donors (Lipinski definition) is 2. The molecule has 0 atom stereocenters. The minimum atomic E-state index is 0.182. The van der Waals surface area contributed by atoms with E-state index in [9.17, 15) is 0 Å². The van der Waals surface area contributed by atoms with Crippen molar-refractivity contribution in [1.29, 1.82) is 0 Å². The molecule has 4 heteroatoms. The first-order chi connectivity index (χ1) is 12.1. The molecule has 1 aliphatic carbocycles. The molecular formula is C21H27N3S. The van der Waals surface area contributed by atoms with Gasteiger partial charge in [-0.25, -0.2) is 4.98 Å². The minimum absolute atomic E-state index is 0.182. The Kier molecular flexibility index (Phi) is 5.69. The molecule has 1 aromatic carbocycles. The molecule has 1 fully saturated rings. The van der Waals surface area contributed by atoms with Crippen molar-refractivity contribution in [3.63, 3.8) is 0 Å². The van der Waals surface area contributed by atoms with Crippen molar-refractivity contribution in [2.45, 2.75) is 51.4 Å². The predicted molar refractivity (Wildman–Crippen MR) is 109 cm³/mol. The summed E-state index contributed by atoms with van der Waals surface area (Å²) in [4.78, 5) is 4.51. The van der Waals surface area contributed by atoms with E-state index in [4.69, 9.17) is 12.2 Å². The van der Waals surface area contributed by atoms with Gasteiger partial charge in [0.2, 0.25) is 0 Å². The second-order valence-electron chi connectivity index (χ2n) is 7.19. The number of nitrogens with one attached hydrogen (secondary N) is 2. The number of nitrogens with zero attached hydrogens (tertiary/aromatic N) is 1. The van der Waals surface area contributed by atoms with Crippen LogP contribution < -0.4 is 10.6 Å². The third-order valence-corrected chi connectivity index (χ3v) is 5.37. The molecule has 0 spiro atoms. The maximum atomic E-state index is 5.53. The molecule has 0 bridgehead atoms. The lowest BCUT2D eigenvalue weighted by Crippen LogP contribution is -2.43. The third-order valence-electron chi connectivity index (χ3n) is 5.12. The molecule has 0 unspecified atom stereocenters. The standard InChI is InChI=1S/C21H27N3S/c1-16-13-17(2)23-19(14-16)24-20(25)22-15-21(11-7-4-8-12-21)18-9-5-3-6-10-18/h3,5-6,9-10,13-14H,4,7-8,11-12,15H2,1-2H3,(H2,22,23,24,25). The highest BCUT2D eigenvalue weighted by Gasteiger charge is 2.33. The largest absolute Gasteiger partial charge is 0.362 e. The number of thiocarbonyl (C=S) groups is 1. The van der Waals surface area contributed by atoms with E-state index >= 15 is 0 Å². The quantitative estimate of drug-likeness (QED) is 0.768. The van der Waals surface area contributed by atoms with Crippen molar-refractivity contribution in [3.8, 4) is 0 Å². The van der Waals surface area contributed by atoms with Gasteiger partial charge in [-0.2, -0.15) is 0 Å². The molecule has 2 aromatic rings. The van der Waals surface area contributed by atoms with Crippen molar-refractivity contribution < 1.29 is 0 Å². The van der Waals surface area contributed by atoms with Crippen LogP contribution >= 0.6 is 12.2 Å². The normalized spacial score (nSPS) is 16.2. The van der Waals surface area contributed by atoms with E-state index in [1.807, 2.05) is 13.0 Å². The number of pyridine rings is 1. The van der Waals surface area contributed by atoms with Crippen molar-refractivity contribution in [2.75, 3.05) is 11.9 Å². The highest BCUT2D eigenvalue weighted by Crippen LogP contribution is 2.38. The van der Waals surface area contributed by atoms with Gasteiger partial charge in [0.15, 0.2) is 5.11 Å². The summed E-state index contributed by atoms with van der Waals surface area (Å²) in [6.07, 6.45) is 6.34. The Bertz CT molecular complexity index is 701. The number of rotatable bonds is 4. The number of anilines is 1. The summed E-state index contributed by atoms with van der Waals surface area (Å²) in [5.74, 6) is 0.812. The second kappa shape index (κ2) is 7.96. The van der Waals surface area contributed by atoms with Crippen LogP contribution in [0.25, 0.3) is 0 Å². The Morgan fingerprint density at radius 3 is 2.48 bits per heavy atom. The van der Waals surface area contributed by atoms with E-state index in [1.165, 1.54) is 43.2 Å². The molecule has 0 amide bonds. The van der Waals surface area contributed by atoms with Crippen LogP contribution in [-0.2, 0) is 5.41 Å². The Morgan fingerprint density at radius 2 is 1.80 bits per heavy atom. The fourth-order valence-electron chi connectivity index (χ4n) is 3.90. The summed E-state index contributed by atoms with van der Waals surface area (Å²) in [6, 6.07) is 15.0. The van der Waals surface area contributed by atoms with Crippen LogP contribution in [0, 0.1) is 13.8 Å². The second-order valence-corrected chi connectivity index (χ2v) is 7.59. The maximum absolute atomic E-state index is 5.53. The molecule has 0 aliphatic heterocycles. The van der Waals surface area contributed by atoms with Gasteiger partial charge in [0.05, 0.1) is 0 Å². The maximum Gasteiger partial charge on any atom is 0.171 e. The van der Waals surface area contributed by atoms with Crippen LogP contribution in [0.5, 0.6) is 0 Å². The van der Waals surface area contributed by atoms with Crippen molar-refractivity contribution in [2.24, 2.45) is 0 Å². The summed E-state index contributed by atoms with van der Waals surface area (Å²) in [5.41, 5.74) is 3.79. The first-order valence-electron chi connectivity index (χ1n) is 9.13. The van der Waals surface area contributed by atoms with Gasteiger partial charge in [0.25, 0.3) is 0 Å². The van der Waals surface area contributed by atoms with Gasteiger partial charge in [-0.1, -0.05) is 49.6 Å². The Hall–Kier alpha value is -1.94. The van der Waals surface area contributed by atoms with E-state index in [0.29, 0.717) is 5.11 Å². The third kappa shape index (κ3) is 4.57. The van der Waals surface area contributed by atoms with Gasteiger partial charge in [-0.3, -0.25) is 0 Å². The highest BCUT2D eigenvalue weighted by atomic mass is 32.1. The molecule has 1 saturated carbocycles. The van der Waals surface area contributed by atoms with Crippen LogP contribution in [0.2, 0.25) is 0 Å². The summed E-state index contributed by atoms with van der Waals surface area (Å²) in [7, 11) is 0. The Labute approximate surface area is 156 Å².